The van der Waals surface area contributed by atoms with Gasteiger partial charge in [-0.05, 0) is 24.5 Å². The van der Waals surface area contributed by atoms with Crippen molar-refractivity contribution in [2.45, 2.75) is 25.1 Å². The number of halogens is 4. The first-order chi connectivity index (χ1) is 7.88. The molecule has 0 bridgehead atoms. The third kappa shape index (κ3) is 3.48. The van der Waals surface area contributed by atoms with Crippen molar-refractivity contribution in [1.82, 2.24) is 0 Å². The second kappa shape index (κ2) is 5.56. The molecule has 2 N–H and O–H groups in total. The van der Waals surface area contributed by atoms with Crippen molar-refractivity contribution >= 4 is 11.6 Å². The van der Waals surface area contributed by atoms with Crippen LogP contribution in [0.15, 0.2) is 30.9 Å². The Morgan fingerprint density at radius 2 is 2.06 bits per heavy atom. The highest BCUT2D eigenvalue weighted by Crippen LogP contribution is 2.38. The SMILES string of the molecule is C=CCC[C@@H](N)c1cccc(C(F)(F)F)c1Cl. The number of nitrogens with two attached hydrogens (primary N) is 1. The Bertz CT molecular complexity index is 401. The van der Waals surface area contributed by atoms with Crippen LogP contribution in [0.2, 0.25) is 5.02 Å². The third-order valence-electron chi connectivity index (χ3n) is 2.42. The largest absolute Gasteiger partial charge is 0.417 e. The van der Waals surface area contributed by atoms with Crippen LogP contribution in [-0.4, -0.2) is 0 Å². The van der Waals surface area contributed by atoms with Gasteiger partial charge in [0.05, 0.1) is 10.6 Å². The zero-order valence-corrected chi connectivity index (χ0v) is 9.85. The Labute approximate surface area is 103 Å². The minimum atomic E-state index is -4.45. The molecule has 1 aromatic carbocycles. The number of hydrogen-bond donors (Lipinski definition) is 1. The van der Waals surface area contributed by atoms with Crippen molar-refractivity contribution in [3.63, 3.8) is 0 Å². The lowest BCUT2D eigenvalue weighted by molar-refractivity contribution is -0.137. The van der Waals surface area contributed by atoms with Gasteiger partial charge in [0.1, 0.15) is 0 Å². The lowest BCUT2D eigenvalue weighted by Gasteiger charge is -2.16. The summed E-state index contributed by atoms with van der Waals surface area (Å²) >= 11 is 5.74. The molecule has 0 amide bonds. The maximum atomic E-state index is 12.6. The van der Waals surface area contributed by atoms with E-state index in [1.54, 1.807) is 6.08 Å². The number of alkyl halides is 3. The maximum Gasteiger partial charge on any atom is 0.417 e. The first kappa shape index (κ1) is 14.1. The van der Waals surface area contributed by atoms with Crippen molar-refractivity contribution in [1.29, 1.82) is 0 Å². The summed E-state index contributed by atoms with van der Waals surface area (Å²) in [6.45, 7) is 3.54. The fraction of sp³-hybridized carbons (Fsp3) is 0.333. The molecule has 0 unspecified atom stereocenters. The van der Waals surface area contributed by atoms with Gasteiger partial charge < -0.3 is 5.73 Å². The normalized spacial score (nSPS) is 13.5. The van der Waals surface area contributed by atoms with Crippen LogP contribution in [0.25, 0.3) is 0 Å². The van der Waals surface area contributed by atoms with Gasteiger partial charge in [0, 0.05) is 6.04 Å². The van der Waals surface area contributed by atoms with Crippen molar-refractivity contribution in [2.24, 2.45) is 5.73 Å². The summed E-state index contributed by atoms with van der Waals surface area (Å²) in [4.78, 5) is 0. The Kier molecular flexibility index (Phi) is 4.60. The van der Waals surface area contributed by atoms with Crippen LogP contribution >= 0.6 is 11.6 Å². The molecule has 5 heteroatoms. The van der Waals surface area contributed by atoms with Gasteiger partial charge in [-0.25, -0.2) is 0 Å². The molecule has 0 spiro atoms. The molecule has 0 heterocycles. The fourth-order valence-corrected chi connectivity index (χ4v) is 1.88. The minimum Gasteiger partial charge on any atom is -0.324 e. The van der Waals surface area contributed by atoms with Gasteiger partial charge in [0.25, 0.3) is 0 Å². The Morgan fingerprint density at radius 1 is 1.41 bits per heavy atom. The van der Waals surface area contributed by atoms with Crippen LogP contribution in [0.1, 0.15) is 30.0 Å². The average Bonchev–Trinajstić information content (AvgIpc) is 2.24. The molecule has 0 aromatic heterocycles. The summed E-state index contributed by atoms with van der Waals surface area (Å²) in [5.41, 5.74) is 5.28. The van der Waals surface area contributed by atoms with Gasteiger partial charge in [0.2, 0.25) is 0 Å². The van der Waals surface area contributed by atoms with E-state index in [-0.39, 0.29) is 5.02 Å². The quantitative estimate of drug-likeness (QED) is 0.804. The van der Waals surface area contributed by atoms with E-state index >= 15 is 0 Å². The number of hydrogen-bond acceptors (Lipinski definition) is 1. The summed E-state index contributed by atoms with van der Waals surface area (Å²) in [6, 6.07) is 3.28. The molecule has 1 aromatic rings. The van der Waals surface area contributed by atoms with Gasteiger partial charge in [-0.2, -0.15) is 13.2 Å². The van der Waals surface area contributed by atoms with Crippen molar-refractivity contribution < 1.29 is 13.2 Å². The van der Waals surface area contributed by atoms with Gasteiger partial charge >= 0.3 is 6.18 Å². The van der Waals surface area contributed by atoms with Crippen molar-refractivity contribution in [3.8, 4) is 0 Å². The smallest absolute Gasteiger partial charge is 0.324 e. The van der Waals surface area contributed by atoms with Crippen LogP contribution in [0.5, 0.6) is 0 Å². The predicted octanol–water partition coefficient (Wildman–Crippen LogP) is 4.32. The van der Waals surface area contributed by atoms with Crippen LogP contribution in [0.3, 0.4) is 0 Å². The van der Waals surface area contributed by atoms with Crippen LogP contribution < -0.4 is 5.73 Å². The Morgan fingerprint density at radius 3 is 2.59 bits per heavy atom. The van der Waals surface area contributed by atoms with E-state index in [1.165, 1.54) is 12.1 Å². The number of rotatable bonds is 4. The van der Waals surface area contributed by atoms with Crippen molar-refractivity contribution in [2.75, 3.05) is 0 Å². The summed E-state index contributed by atoms with van der Waals surface area (Å²) in [5.74, 6) is 0. The Balaban J connectivity index is 3.06. The van der Waals surface area contributed by atoms with Crippen molar-refractivity contribution in [3.05, 3.63) is 47.0 Å². The van der Waals surface area contributed by atoms with E-state index in [0.29, 0.717) is 18.4 Å². The average molecular weight is 264 g/mol. The molecule has 0 saturated carbocycles. The molecule has 0 saturated heterocycles. The van der Waals surface area contributed by atoms with Gasteiger partial charge in [-0.15, -0.1) is 6.58 Å². The van der Waals surface area contributed by atoms with Gasteiger partial charge in [0.15, 0.2) is 0 Å². The summed E-state index contributed by atoms with van der Waals surface area (Å²) in [7, 11) is 0. The summed E-state index contributed by atoms with van der Waals surface area (Å²) < 4.78 is 37.8. The standard InChI is InChI=1S/C12H13ClF3N/c1-2-3-7-10(17)8-5-4-6-9(11(8)13)12(14,15)16/h2,4-6,10H,1,3,7,17H2/t10-/m1/s1. The molecular formula is C12H13ClF3N. The number of benzene rings is 1. The van der Waals surface area contributed by atoms with Crippen LogP contribution in [0.4, 0.5) is 13.2 Å². The molecule has 0 fully saturated rings. The summed E-state index contributed by atoms with van der Waals surface area (Å²) in [5, 5.41) is -0.309. The van der Waals surface area contributed by atoms with E-state index in [0.717, 1.165) is 6.07 Å². The second-order valence-electron chi connectivity index (χ2n) is 3.68. The molecular weight excluding hydrogens is 251 g/mol. The first-order valence-corrected chi connectivity index (χ1v) is 5.47. The summed E-state index contributed by atoms with van der Waals surface area (Å²) in [6.07, 6.45) is -1.63. The highest BCUT2D eigenvalue weighted by atomic mass is 35.5. The van der Waals surface area contributed by atoms with Gasteiger partial charge in [-0.3, -0.25) is 0 Å². The van der Waals surface area contributed by atoms with Crippen LogP contribution in [-0.2, 0) is 6.18 Å². The topological polar surface area (TPSA) is 26.0 Å². The highest BCUT2D eigenvalue weighted by Gasteiger charge is 2.34. The molecule has 17 heavy (non-hydrogen) atoms. The third-order valence-corrected chi connectivity index (χ3v) is 2.84. The molecule has 1 nitrogen and oxygen atoms in total. The second-order valence-corrected chi connectivity index (χ2v) is 4.06. The molecule has 0 aliphatic heterocycles. The number of allylic oxidation sites excluding steroid dienone is 1. The predicted molar refractivity (Wildman–Crippen MR) is 62.8 cm³/mol. The molecule has 0 aliphatic carbocycles. The molecule has 0 radical (unpaired) electrons. The van der Waals surface area contributed by atoms with Gasteiger partial charge in [-0.1, -0.05) is 29.8 Å². The molecule has 94 valence electrons. The zero-order chi connectivity index (χ0) is 13.1. The molecule has 1 rings (SSSR count). The van der Waals surface area contributed by atoms with E-state index in [2.05, 4.69) is 6.58 Å². The van der Waals surface area contributed by atoms with E-state index in [9.17, 15) is 13.2 Å². The minimum absolute atomic E-state index is 0.309. The van der Waals surface area contributed by atoms with E-state index < -0.39 is 17.8 Å². The highest BCUT2D eigenvalue weighted by molar-refractivity contribution is 6.32. The molecule has 0 aliphatic rings. The monoisotopic (exact) mass is 263 g/mol. The van der Waals surface area contributed by atoms with Crippen LogP contribution in [0, 0.1) is 0 Å². The van der Waals surface area contributed by atoms with E-state index in [4.69, 9.17) is 17.3 Å². The molecule has 1 atom stereocenters. The Hall–Kier alpha value is -1.00. The lowest BCUT2D eigenvalue weighted by Crippen LogP contribution is -2.13. The zero-order valence-electron chi connectivity index (χ0n) is 9.10. The maximum absolute atomic E-state index is 12.6. The first-order valence-electron chi connectivity index (χ1n) is 5.10. The fourth-order valence-electron chi connectivity index (χ4n) is 1.51. The van der Waals surface area contributed by atoms with E-state index in [1.807, 2.05) is 0 Å². The lowest BCUT2D eigenvalue weighted by atomic mass is 10.0.